The third-order valence-electron chi connectivity index (χ3n) is 3.15. The molecule has 0 aromatic heterocycles. The molecule has 0 aliphatic rings. The van der Waals surface area contributed by atoms with Gasteiger partial charge in [-0.15, -0.1) is 0 Å². The minimum atomic E-state index is -0.194. The van der Waals surface area contributed by atoms with Crippen LogP contribution in [0.25, 0.3) is 0 Å². The van der Waals surface area contributed by atoms with E-state index in [-0.39, 0.29) is 11.9 Å². The molecule has 0 spiro atoms. The van der Waals surface area contributed by atoms with E-state index in [0.29, 0.717) is 0 Å². The van der Waals surface area contributed by atoms with E-state index in [1.165, 1.54) is 38.2 Å². The molecule has 0 aliphatic carbocycles. The standard InChI is InChI=1S/C15H24FN/c1-2-3-4-5-6-7-11-15(17)13-9-8-10-14(16)12-13/h8-10,12,15H,2-7,11,17H2,1H3. The number of benzene rings is 1. The summed E-state index contributed by atoms with van der Waals surface area (Å²) in [6, 6.07) is 6.62. The predicted molar refractivity (Wildman–Crippen MR) is 71.3 cm³/mol. The van der Waals surface area contributed by atoms with Crippen LogP contribution >= 0.6 is 0 Å². The van der Waals surface area contributed by atoms with Gasteiger partial charge in [0.15, 0.2) is 0 Å². The highest BCUT2D eigenvalue weighted by Gasteiger charge is 2.06. The van der Waals surface area contributed by atoms with Gasteiger partial charge in [-0.2, -0.15) is 0 Å². The van der Waals surface area contributed by atoms with E-state index in [2.05, 4.69) is 6.92 Å². The van der Waals surface area contributed by atoms with Crippen molar-refractivity contribution in [3.8, 4) is 0 Å². The van der Waals surface area contributed by atoms with Crippen LogP contribution in [0.4, 0.5) is 4.39 Å². The summed E-state index contributed by atoms with van der Waals surface area (Å²) < 4.78 is 13.0. The van der Waals surface area contributed by atoms with Crippen molar-refractivity contribution in [2.45, 2.75) is 57.9 Å². The van der Waals surface area contributed by atoms with Crippen molar-refractivity contribution in [2.24, 2.45) is 5.73 Å². The number of unbranched alkanes of at least 4 members (excludes halogenated alkanes) is 5. The summed E-state index contributed by atoms with van der Waals surface area (Å²) in [6.45, 7) is 2.22. The van der Waals surface area contributed by atoms with Gasteiger partial charge in [0.2, 0.25) is 0 Å². The van der Waals surface area contributed by atoms with Gasteiger partial charge in [-0.25, -0.2) is 4.39 Å². The van der Waals surface area contributed by atoms with Crippen molar-refractivity contribution in [3.05, 3.63) is 35.6 Å². The molecule has 2 heteroatoms. The molecule has 96 valence electrons. The van der Waals surface area contributed by atoms with E-state index >= 15 is 0 Å². The first-order chi connectivity index (χ1) is 8.24. The molecule has 0 fully saturated rings. The van der Waals surface area contributed by atoms with E-state index in [1.807, 2.05) is 6.07 Å². The molecule has 0 radical (unpaired) electrons. The number of nitrogens with two attached hydrogens (primary N) is 1. The van der Waals surface area contributed by atoms with Gasteiger partial charge in [0.05, 0.1) is 0 Å². The molecule has 1 aromatic carbocycles. The molecule has 0 saturated heterocycles. The van der Waals surface area contributed by atoms with Crippen LogP contribution in [-0.2, 0) is 0 Å². The Morgan fingerprint density at radius 1 is 1.12 bits per heavy atom. The molecule has 1 rings (SSSR count). The summed E-state index contributed by atoms with van der Waals surface area (Å²) in [6.07, 6.45) is 8.56. The van der Waals surface area contributed by atoms with Crippen LogP contribution in [-0.4, -0.2) is 0 Å². The molecule has 0 aliphatic heterocycles. The van der Waals surface area contributed by atoms with E-state index < -0.39 is 0 Å². The van der Waals surface area contributed by atoms with Crippen LogP contribution in [0.5, 0.6) is 0 Å². The van der Waals surface area contributed by atoms with Gasteiger partial charge < -0.3 is 5.73 Å². The highest BCUT2D eigenvalue weighted by molar-refractivity contribution is 5.19. The van der Waals surface area contributed by atoms with Gasteiger partial charge in [0.25, 0.3) is 0 Å². The molecule has 2 N–H and O–H groups in total. The van der Waals surface area contributed by atoms with E-state index in [0.717, 1.165) is 18.4 Å². The Kier molecular flexibility index (Phi) is 6.87. The third kappa shape index (κ3) is 5.83. The van der Waals surface area contributed by atoms with Crippen molar-refractivity contribution >= 4 is 0 Å². The summed E-state index contributed by atoms with van der Waals surface area (Å²) in [4.78, 5) is 0. The SMILES string of the molecule is CCCCCCCCC(N)c1cccc(F)c1. The minimum absolute atomic E-state index is 0.0168. The Bertz CT molecular complexity index is 312. The maximum absolute atomic E-state index is 13.0. The first-order valence-electron chi connectivity index (χ1n) is 6.75. The fraction of sp³-hybridized carbons (Fsp3) is 0.600. The Balaban J connectivity index is 2.19. The number of halogens is 1. The Hall–Kier alpha value is -0.890. The molecule has 0 amide bonds. The van der Waals surface area contributed by atoms with Crippen LogP contribution in [0.3, 0.4) is 0 Å². The number of rotatable bonds is 8. The van der Waals surface area contributed by atoms with E-state index in [9.17, 15) is 4.39 Å². The largest absolute Gasteiger partial charge is 0.324 e. The van der Waals surface area contributed by atoms with Crippen LogP contribution in [0.2, 0.25) is 0 Å². The van der Waals surface area contributed by atoms with Gasteiger partial charge in [0, 0.05) is 6.04 Å². The predicted octanol–water partition coefficient (Wildman–Crippen LogP) is 4.58. The first-order valence-corrected chi connectivity index (χ1v) is 6.75. The lowest BCUT2D eigenvalue weighted by atomic mass is 10.0. The van der Waals surface area contributed by atoms with Crippen LogP contribution < -0.4 is 5.73 Å². The summed E-state index contributed by atoms with van der Waals surface area (Å²) in [5, 5.41) is 0. The smallest absolute Gasteiger partial charge is 0.123 e. The van der Waals surface area contributed by atoms with E-state index in [4.69, 9.17) is 5.73 Å². The topological polar surface area (TPSA) is 26.0 Å². The average molecular weight is 237 g/mol. The zero-order chi connectivity index (χ0) is 12.5. The third-order valence-corrected chi connectivity index (χ3v) is 3.15. The fourth-order valence-corrected chi connectivity index (χ4v) is 2.05. The highest BCUT2D eigenvalue weighted by Crippen LogP contribution is 2.18. The van der Waals surface area contributed by atoms with Crippen molar-refractivity contribution in [3.63, 3.8) is 0 Å². The maximum Gasteiger partial charge on any atom is 0.123 e. The zero-order valence-corrected chi connectivity index (χ0v) is 10.8. The minimum Gasteiger partial charge on any atom is -0.324 e. The molecule has 0 heterocycles. The van der Waals surface area contributed by atoms with Crippen molar-refractivity contribution in [1.29, 1.82) is 0 Å². The fourth-order valence-electron chi connectivity index (χ4n) is 2.05. The normalized spacial score (nSPS) is 12.6. The molecule has 1 nitrogen and oxygen atoms in total. The van der Waals surface area contributed by atoms with Crippen molar-refractivity contribution in [2.75, 3.05) is 0 Å². The second kappa shape index (κ2) is 8.24. The number of hydrogen-bond acceptors (Lipinski definition) is 1. The average Bonchev–Trinajstić information content (AvgIpc) is 2.33. The highest BCUT2D eigenvalue weighted by atomic mass is 19.1. The van der Waals surface area contributed by atoms with Crippen LogP contribution in [0, 0.1) is 5.82 Å². The quantitative estimate of drug-likeness (QED) is 0.658. The van der Waals surface area contributed by atoms with Crippen molar-refractivity contribution < 1.29 is 4.39 Å². The second-order valence-corrected chi connectivity index (χ2v) is 4.72. The Morgan fingerprint density at radius 3 is 2.53 bits per heavy atom. The monoisotopic (exact) mass is 237 g/mol. The summed E-state index contributed by atoms with van der Waals surface area (Å²) in [5.41, 5.74) is 6.95. The number of hydrogen-bond donors (Lipinski definition) is 1. The van der Waals surface area contributed by atoms with E-state index in [1.54, 1.807) is 12.1 Å². The second-order valence-electron chi connectivity index (χ2n) is 4.72. The molecule has 1 atom stereocenters. The van der Waals surface area contributed by atoms with Gasteiger partial charge in [-0.05, 0) is 24.1 Å². The maximum atomic E-state index is 13.0. The zero-order valence-electron chi connectivity index (χ0n) is 10.8. The van der Waals surface area contributed by atoms with Gasteiger partial charge >= 0.3 is 0 Å². The van der Waals surface area contributed by atoms with Crippen LogP contribution in [0.1, 0.15) is 63.5 Å². The lowest BCUT2D eigenvalue weighted by Crippen LogP contribution is -2.10. The first kappa shape index (κ1) is 14.2. The van der Waals surface area contributed by atoms with Crippen LogP contribution in [0.15, 0.2) is 24.3 Å². The lowest BCUT2D eigenvalue weighted by molar-refractivity contribution is 0.544. The van der Waals surface area contributed by atoms with Gasteiger partial charge in [0.1, 0.15) is 5.82 Å². The molecular formula is C15H24FN. The van der Waals surface area contributed by atoms with Gasteiger partial charge in [-0.3, -0.25) is 0 Å². The summed E-state index contributed by atoms with van der Waals surface area (Å²) in [5.74, 6) is -0.194. The lowest BCUT2D eigenvalue weighted by Gasteiger charge is -2.11. The molecule has 1 aromatic rings. The van der Waals surface area contributed by atoms with Crippen molar-refractivity contribution in [1.82, 2.24) is 0 Å². The molecule has 0 bridgehead atoms. The Labute approximate surface area is 104 Å². The molecule has 1 unspecified atom stereocenters. The Morgan fingerprint density at radius 2 is 1.82 bits per heavy atom. The summed E-state index contributed by atoms with van der Waals surface area (Å²) in [7, 11) is 0. The van der Waals surface area contributed by atoms with Gasteiger partial charge in [-0.1, -0.05) is 57.6 Å². The summed E-state index contributed by atoms with van der Waals surface area (Å²) >= 11 is 0. The molecule has 0 saturated carbocycles. The molecule has 17 heavy (non-hydrogen) atoms. The molecular weight excluding hydrogens is 213 g/mol.